The van der Waals surface area contributed by atoms with Gasteiger partial charge in [-0.15, -0.1) is 11.3 Å². The van der Waals surface area contributed by atoms with E-state index in [2.05, 4.69) is 27.6 Å². The van der Waals surface area contributed by atoms with Crippen LogP contribution in [0.25, 0.3) is 0 Å². The summed E-state index contributed by atoms with van der Waals surface area (Å²) in [6, 6.07) is 4.25. The number of hydrogen-bond donors (Lipinski definition) is 1. The highest BCUT2D eigenvalue weighted by atomic mass is 32.1. The predicted molar refractivity (Wildman–Crippen MR) is 58.1 cm³/mol. The van der Waals surface area contributed by atoms with E-state index in [9.17, 15) is 0 Å². The molecule has 0 amide bonds. The standard InChI is InChI=1S/C10H14N2OS/c13-11-9-3-5-12(6-4-9)8-10-2-1-7-14-10/h1-2,7,13H,3-6,8H2. The first kappa shape index (κ1) is 9.68. The van der Waals surface area contributed by atoms with Crippen LogP contribution < -0.4 is 0 Å². The van der Waals surface area contributed by atoms with Crippen molar-refractivity contribution in [1.82, 2.24) is 4.90 Å². The molecule has 1 N–H and O–H groups in total. The van der Waals surface area contributed by atoms with Gasteiger partial charge in [0.05, 0.1) is 5.71 Å². The summed E-state index contributed by atoms with van der Waals surface area (Å²) in [7, 11) is 0. The van der Waals surface area contributed by atoms with Gasteiger partial charge in [-0.3, -0.25) is 4.90 Å². The average Bonchev–Trinajstić information content (AvgIpc) is 2.72. The molecule has 4 heteroatoms. The first-order valence-corrected chi connectivity index (χ1v) is 5.71. The molecule has 1 fully saturated rings. The molecule has 1 aliphatic rings. The molecular weight excluding hydrogens is 196 g/mol. The number of oxime groups is 1. The van der Waals surface area contributed by atoms with Crippen LogP contribution >= 0.6 is 11.3 Å². The van der Waals surface area contributed by atoms with E-state index in [1.54, 1.807) is 11.3 Å². The first-order valence-electron chi connectivity index (χ1n) is 4.83. The van der Waals surface area contributed by atoms with Crippen molar-refractivity contribution in [2.24, 2.45) is 5.16 Å². The van der Waals surface area contributed by atoms with E-state index in [0.29, 0.717) is 0 Å². The fourth-order valence-electron chi connectivity index (χ4n) is 1.69. The number of nitrogens with zero attached hydrogens (tertiary/aromatic N) is 2. The summed E-state index contributed by atoms with van der Waals surface area (Å²) in [4.78, 5) is 3.81. The number of thiophene rings is 1. The Hall–Kier alpha value is -0.870. The summed E-state index contributed by atoms with van der Waals surface area (Å²) < 4.78 is 0. The van der Waals surface area contributed by atoms with Gasteiger partial charge >= 0.3 is 0 Å². The molecule has 0 saturated carbocycles. The van der Waals surface area contributed by atoms with Crippen LogP contribution in [-0.4, -0.2) is 28.9 Å². The Morgan fingerprint density at radius 1 is 1.43 bits per heavy atom. The van der Waals surface area contributed by atoms with Crippen LogP contribution in [0.15, 0.2) is 22.7 Å². The van der Waals surface area contributed by atoms with Gasteiger partial charge in [0.15, 0.2) is 0 Å². The SMILES string of the molecule is ON=C1CCN(Cc2cccs2)CC1. The molecular formula is C10H14N2OS. The topological polar surface area (TPSA) is 35.8 Å². The minimum absolute atomic E-state index is 0.905. The highest BCUT2D eigenvalue weighted by molar-refractivity contribution is 7.09. The highest BCUT2D eigenvalue weighted by Gasteiger charge is 2.15. The van der Waals surface area contributed by atoms with Gasteiger partial charge in [0.25, 0.3) is 0 Å². The molecule has 0 aromatic carbocycles. The van der Waals surface area contributed by atoms with Crippen LogP contribution in [-0.2, 0) is 6.54 Å². The minimum Gasteiger partial charge on any atom is -0.411 e. The molecule has 3 nitrogen and oxygen atoms in total. The molecule has 2 heterocycles. The maximum Gasteiger partial charge on any atom is 0.0596 e. The van der Waals surface area contributed by atoms with Crippen molar-refractivity contribution in [3.63, 3.8) is 0 Å². The lowest BCUT2D eigenvalue weighted by Gasteiger charge is -2.26. The zero-order valence-electron chi connectivity index (χ0n) is 8.02. The maximum absolute atomic E-state index is 8.61. The third-order valence-corrected chi connectivity index (χ3v) is 3.40. The van der Waals surface area contributed by atoms with Crippen molar-refractivity contribution < 1.29 is 5.21 Å². The Kier molecular flexibility index (Phi) is 3.16. The van der Waals surface area contributed by atoms with Crippen molar-refractivity contribution in [1.29, 1.82) is 0 Å². The van der Waals surface area contributed by atoms with E-state index < -0.39 is 0 Å². The van der Waals surface area contributed by atoms with Gasteiger partial charge in [-0.1, -0.05) is 11.2 Å². The quantitative estimate of drug-likeness (QED) is 0.600. The number of piperidine rings is 1. The third kappa shape index (κ3) is 2.33. The Labute approximate surface area is 87.7 Å². The molecule has 2 rings (SSSR count). The normalized spacial score (nSPS) is 18.4. The molecule has 1 aromatic rings. The van der Waals surface area contributed by atoms with E-state index in [-0.39, 0.29) is 0 Å². The largest absolute Gasteiger partial charge is 0.411 e. The van der Waals surface area contributed by atoms with Crippen molar-refractivity contribution in [3.05, 3.63) is 22.4 Å². The molecule has 0 aliphatic carbocycles. The van der Waals surface area contributed by atoms with Gasteiger partial charge in [-0.25, -0.2) is 0 Å². The molecule has 1 aliphatic heterocycles. The summed E-state index contributed by atoms with van der Waals surface area (Å²) in [5, 5.41) is 14.0. The predicted octanol–water partition coefficient (Wildman–Crippen LogP) is 2.17. The Morgan fingerprint density at radius 2 is 2.21 bits per heavy atom. The Morgan fingerprint density at radius 3 is 2.79 bits per heavy atom. The van der Waals surface area contributed by atoms with Crippen molar-refractivity contribution in [3.8, 4) is 0 Å². The summed E-state index contributed by atoms with van der Waals surface area (Å²) >= 11 is 1.80. The summed E-state index contributed by atoms with van der Waals surface area (Å²) in [6.45, 7) is 3.06. The smallest absolute Gasteiger partial charge is 0.0596 e. The van der Waals surface area contributed by atoms with E-state index in [0.717, 1.165) is 38.2 Å². The monoisotopic (exact) mass is 210 g/mol. The van der Waals surface area contributed by atoms with Crippen LogP contribution in [0.1, 0.15) is 17.7 Å². The molecule has 0 atom stereocenters. The zero-order chi connectivity index (χ0) is 9.80. The summed E-state index contributed by atoms with van der Waals surface area (Å²) in [5.74, 6) is 0. The zero-order valence-corrected chi connectivity index (χ0v) is 8.83. The van der Waals surface area contributed by atoms with Crippen molar-refractivity contribution in [2.45, 2.75) is 19.4 Å². The number of likely N-dealkylation sites (tertiary alicyclic amines) is 1. The van der Waals surface area contributed by atoms with Crippen LogP contribution in [0.4, 0.5) is 0 Å². The minimum atomic E-state index is 0.905. The van der Waals surface area contributed by atoms with Gasteiger partial charge in [-0.05, 0) is 11.4 Å². The number of hydrogen-bond acceptors (Lipinski definition) is 4. The Balaban J connectivity index is 1.84. The highest BCUT2D eigenvalue weighted by Crippen LogP contribution is 2.15. The van der Waals surface area contributed by atoms with Gasteiger partial charge < -0.3 is 5.21 Å². The molecule has 1 saturated heterocycles. The lowest BCUT2D eigenvalue weighted by molar-refractivity contribution is 0.258. The second-order valence-corrected chi connectivity index (χ2v) is 4.55. The first-order chi connectivity index (χ1) is 6.88. The lowest BCUT2D eigenvalue weighted by Crippen LogP contribution is -2.33. The van der Waals surface area contributed by atoms with Crippen LogP contribution in [0.3, 0.4) is 0 Å². The molecule has 0 unspecified atom stereocenters. The van der Waals surface area contributed by atoms with E-state index >= 15 is 0 Å². The van der Waals surface area contributed by atoms with E-state index in [4.69, 9.17) is 5.21 Å². The fraction of sp³-hybridized carbons (Fsp3) is 0.500. The fourth-order valence-corrected chi connectivity index (χ4v) is 2.44. The van der Waals surface area contributed by atoms with Crippen LogP contribution in [0.2, 0.25) is 0 Å². The second-order valence-electron chi connectivity index (χ2n) is 3.52. The molecule has 1 aromatic heterocycles. The summed E-state index contributed by atoms with van der Waals surface area (Å²) in [5.41, 5.74) is 0.937. The van der Waals surface area contributed by atoms with E-state index in [1.807, 2.05) is 0 Å². The molecule has 76 valence electrons. The Bertz CT molecular complexity index is 298. The maximum atomic E-state index is 8.61. The van der Waals surface area contributed by atoms with Gasteiger partial charge in [-0.2, -0.15) is 0 Å². The van der Waals surface area contributed by atoms with Crippen molar-refractivity contribution in [2.75, 3.05) is 13.1 Å². The van der Waals surface area contributed by atoms with Crippen LogP contribution in [0, 0.1) is 0 Å². The lowest BCUT2D eigenvalue weighted by atomic mass is 10.1. The molecule has 0 spiro atoms. The number of rotatable bonds is 2. The van der Waals surface area contributed by atoms with E-state index in [1.165, 1.54) is 4.88 Å². The van der Waals surface area contributed by atoms with Gasteiger partial charge in [0.2, 0.25) is 0 Å². The summed E-state index contributed by atoms with van der Waals surface area (Å²) in [6.07, 6.45) is 1.81. The third-order valence-electron chi connectivity index (χ3n) is 2.53. The van der Waals surface area contributed by atoms with Gasteiger partial charge in [0.1, 0.15) is 0 Å². The van der Waals surface area contributed by atoms with Gasteiger partial charge in [0, 0.05) is 37.4 Å². The van der Waals surface area contributed by atoms with Crippen molar-refractivity contribution >= 4 is 17.0 Å². The molecule has 0 bridgehead atoms. The average molecular weight is 210 g/mol. The second kappa shape index (κ2) is 4.57. The molecule has 0 radical (unpaired) electrons. The van der Waals surface area contributed by atoms with Crippen LogP contribution in [0.5, 0.6) is 0 Å². The molecule has 14 heavy (non-hydrogen) atoms.